The highest BCUT2D eigenvalue weighted by Crippen LogP contribution is 2.28. The molecule has 7 nitrogen and oxygen atoms in total. The number of amides is 1. The van der Waals surface area contributed by atoms with Crippen molar-refractivity contribution in [2.24, 2.45) is 0 Å². The minimum Gasteiger partial charge on any atom is -0.465 e. The van der Waals surface area contributed by atoms with Gasteiger partial charge in [-0.3, -0.25) is 10.1 Å². The van der Waals surface area contributed by atoms with Gasteiger partial charge in [0.2, 0.25) is 0 Å². The lowest BCUT2D eigenvalue weighted by atomic mass is 10.0. The molecular weight excluding hydrogens is 288 g/mol. The Kier molecular flexibility index (Phi) is 4.97. The number of likely N-dealkylation sites (tertiary alicyclic amines) is 1. The van der Waals surface area contributed by atoms with Crippen molar-refractivity contribution in [3.05, 3.63) is 0 Å². The first kappa shape index (κ1) is 17.0. The third-order valence-electron chi connectivity index (χ3n) is 3.77. The molecule has 0 aliphatic carbocycles. The van der Waals surface area contributed by atoms with Crippen LogP contribution in [0.1, 0.15) is 34.1 Å². The maximum atomic E-state index is 12.1. The van der Waals surface area contributed by atoms with Crippen molar-refractivity contribution in [1.82, 2.24) is 10.2 Å². The van der Waals surface area contributed by atoms with Crippen molar-refractivity contribution in [1.29, 1.82) is 0 Å². The Morgan fingerprint density at radius 1 is 1.41 bits per heavy atom. The van der Waals surface area contributed by atoms with Gasteiger partial charge in [-0.2, -0.15) is 0 Å². The summed E-state index contributed by atoms with van der Waals surface area (Å²) in [4.78, 5) is 25.4. The molecule has 7 heteroatoms. The van der Waals surface area contributed by atoms with E-state index in [9.17, 15) is 9.59 Å². The Labute approximate surface area is 131 Å². The van der Waals surface area contributed by atoms with Crippen LogP contribution < -0.4 is 5.32 Å². The number of nitrogens with one attached hydrogen (secondary N) is 1. The first-order chi connectivity index (χ1) is 10.2. The van der Waals surface area contributed by atoms with Gasteiger partial charge in [0.1, 0.15) is 11.6 Å². The van der Waals surface area contributed by atoms with E-state index in [1.807, 2.05) is 20.8 Å². The lowest BCUT2D eigenvalue weighted by Gasteiger charge is -2.37. The standard InChI is InChI=1S/C15H26N2O5/c1-5-20-12(18)11-8-21-15(9-16-11)6-7-17(10-15)13(19)22-14(2,3)4/h11,16H,5-10H2,1-4H3/t11-,15-/m0/s1. The molecule has 0 saturated carbocycles. The summed E-state index contributed by atoms with van der Waals surface area (Å²) in [5.41, 5.74) is -0.937. The lowest BCUT2D eigenvalue weighted by molar-refractivity contribution is -0.154. The van der Waals surface area contributed by atoms with Gasteiger partial charge >= 0.3 is 12.1 Å². The van der Waals surface area contributed by atoms with E-state index in [1.54, 1.807) is 11.8 Å². The second-order valence-corrected chi connectivity index (χ2v) is 6.83. The van der Waals surface area contributed by atoms with E-state index in [4.69, 9.17) is 14.2 Å². The number of nitrogens with zero attached hydrogens (tertiary/aromatic N) is 1. The molecule has 2 rings (SSSR count). The molecule has 2 fully saturated rings. The van der Waals surface area contributed by atoms with Crippen molar-refractivity contribution in [3.8, 4) is 0 Å². The van der Waals surface area contributed by atoms with Gasteiger partial charge in [-0.1, -0.05) is 0 Å². The zero-order valence-corrected chi connectivity index (χ0v) is 13.8. The summed E-state index contributed by atoms with van der Waals surface area (Å²) in [7, 11) is 0. The van der Waals surface area contributed by atoms with Gasteiger partial charge in [0.15, 0.2) is 0 Å². The molecule has 0 aromatic carbocycles. The number of carbonyl (C=O) groups excluding carboxylic acids is 2. The van der Waals surface area contributed by atoms with Crippen LogP contribution in [0.15, 0.2) is 0 Å². The Morgan fingerprint density at radius 3 is 2.68 bits per heavy atom. The minimum atomic E-state index is -0.506. The average Bonchev–Trinajstić information content (AvgIpc) is 2.82. The summed E-state index contributed by atoms with van der Waals surface area (Å²) in [5, 5.41) is 3.17. The molecule has 0 aromatic heterocycles. The van der Waals surface area contributed by atoms with E-state index in [0.29, 0.717) is 26.2 Å². The van der Waals surface area contributed by atoms with Crippen LogP contribution in [0.25, 0.3) is 0 Å². The molecule has 2 saturated heterocycles. The van der Waals surface area contributed by atoms with E-state index in [2.05, 4.69) is 5.32 Å². The second-order valence-electron chi connectivity index (χ2n) is 6.83. The molecule has 1 spiro atoms. The molecule has 0 aromatic rings. The van der Waals surface area contributed by atoms with E-state index < -0.39 is 17.2 Å². The molecule has 22 heavy (non-hydrogen) atoms. The van der Waals surface area contributed by atoms with Crippen molar-refractivity contribution < 1.29 is 23.8 Å². The van der Waals surface area contributed by atoms with E-state index in [1.165, 1.54) is 0 Å². The predicted molar refractivity (Wildman–Crippen MR) is 79.5 cm³/mol. The Hall–Kier alpha value is -1.34. The first-order valence-corrected chi connectivity index (χ1v) is 7.77. The van der Waals surface area contributed by atoms with Crippen molar-refractivity contribution in [3.63, 3.8) is 0 Å². The molecule has 0 bridgehead atoms. The number of carbonyl (C=O) groups is 2. The molecule has 2 aliphatic heterocycles. The first-order valence-electron chi connectivity index (χ1n) is 7.77. The summed E-state index contributed by atoms with van der Waals surface area (Å²) in [5.74, 6) is -0.292. The maximum absolute atomic E-state index is 12.1. The van der Waals surface area contributed by atoms with E-state index in [0.717, 1.165) is 6.42 Å². The Morgan fingerprint density at radius 2 is 2.14 bits per heavy atom. The largest absolute Gasteiger partial charge is 0.465 e. The Balaban J connectivity index is 1.86. The molecule has 0 radical (unpaired) electrons. The van der Waals surface area contributed by atoms with Crippen molar-refractivity contribution >= 4 is 12.1 Å². The number of rotatable bonds is 2. The predicted octanol–water partition coefficient (Wildman–Crippen LogP) is 0.917. The molecule has 2 aliphatic rings. The summed E-state index contributed by atoms with van der Waals surface area (Å²) in [6.45, 7) is 9.53. The summed E-state index contributed by atoms with van der Waals surface area (Å²) in [6, 6.07) is -0.429. The molecule has 1 N–H and O–H groups in total. The number of ether oxygens (including phenoxy) is 3. The zero-order chi connectivity index (χ0) is 16.4. The Bertz CT molecular complexity index is 424. The van der Waals surface area contributed by atoms with E-state index in [-0.39, 0.29) is 18.7 Å². The highest BCUT2D eigenvalue weighted by atomic mass is 16.6. The van der Waals surface area contributed by atoms with Crippen molar-refractivity contribution in [2.45, 2.75) is 51.4 Å². The van der Waals surface area contributed by atoms with Gasteiger partial charge in [-0.15, -0.1) is 0 Å². The SMILES string of the molecule is CCOC(=O)[C@@H]1CO[C@@]2(CCN(C(=O)OC(C)(C)C)C2)CN1. The van der Waals surface area contributed by atoms with Crippen LogP contribution in [0.2, 0.25) is 0 Å². The van der Waals surface area contributed by atoms with Crippen molar-refractivity contribution in [2.75, 3.05) is 32.8 Å². The quantitative estimate of drug-likeness (QED) is 0.764. The van der Waals surface area contributed by atoms with Crippen LogP contribution in [0.5, 0.6) is 0 Å². The molecule has 0 unspecified atom stereocenters. The normalized spacial score (nSPS) is 28.7. The van der Waals surface area contributed by atoms with Gasteiger partial charge in [-0.05, 0) is 34.1 Å². The third-order valence-corrected chi connectivity index (χ3v) is 3.77. The fraction of sp³-hybridized carbons (Fsp3) is 0.867. The van der Waals surface area contributed by atoms with E-state index >= 15 is 0 Å². The number of morpholine rings is 1. The molecule has 2 heterocycles. The molecule has 1 amide bonds. The van der Waals surface area contributed by atoms with Gasteiger partial charge < -0.3 is 19.1 Å². The van der Waals surface area contributed by atoms with Crippen LogP contribution in [-0.4, -0.2) is 67.1 Å². The fourth-order valence-electron chi connectivity index (χ4n) is 2.66. The van der Waals surface area contributed by atoms with Crippen LogP contribution in [0.4, 0.5) is 4.79 Å². The average molecular weight is 314 g/mol. The summed E-state index contributed by atoms with van der Waals surface area (Å²) >= 11 is 0. The second kappa shape index (κ2) is 6.42. The highest BCUT2D eigenvalue weighted by Gasteiger charge is 2.45. The molecular formula is C15H26N2O5. The van der Waals surface area contributed by atoms with Crippen LogP contribution in [0, 0.1) is 0 Å². The smallest absolute Gasteiger partial charge is 0.410 e. The van der Waals surface area contributed by atoms with Gasteiger partial charge in [-0.25, -0.2) is 4.79 Å². The third kappa shape index (κ3) is 4.10. The van der Waals surface area contributed by atoms with Crippen LogP contribution in [0.3, 0.4) is 0 Å². The van der Waals surface area contributed by atoms with Gasteiger partial charge in [0.25, 0.3) is 0 Å². The van der Waals surface area contributed by atoms with Gasteiger partial charge in [0.05, 0.1) is 25.4 Å². The number of esters is 1. The fourth-order valence-corrected chi connectivity index (χ4v) is 2.66. The molecule has 126 valence electrons. The number of hydrogen-bond acceptors (Lipinski definition) is 6. The van der Waals surface area contributed by atoms with Gasteiger partial charge in [0, 0.05) is 13.1 Å². The topological polar surface area (TPSA) is 77.1 Å². The van der Waals surface area contributed by atoms with Crippen LogP contribution >= 0.6 is 0 Å². The monoisotopic (exact) mass is 314 g/mol. The minimum absolute atomic E-state index is 0.265. The number of hydrogen-bond donors (Lipinski definition) is 1. The summed E-state index contributed by atoms with van der Waals surface area (Å²) < 4.78 is 16.3. The zero-order valence-electron chi connectivity index (χ0n) is 13.8. The highest BCUT2D eigenvalue weighted by molar-refractivity contribution is 5.76. The maximum Gasteiger partial charge on any atom is 0.410 e. The van der Waals surface area contributed by atoms with Crippen LogP contribution in [-0.2, 0) is 19.0 Å². The molecule has 2 atom stereocenters. The summed E-state index contributed by atoms with van der Waals surface area (Å²) in [6.07, 6.45) is 0.412. The lowest BCUT2D eigenvalue weighted by Crippen LogP contribution is -2.58.